The van der Waals surface area contributed by atoms with Gasteiger partial charge >= 0.3 is 5.97 Å². The first-order valence-electron chi connectivity index (χ1n) is 7.56. The molecule has 122 valence electrons. The van der Waals surface area contributed by atoms with Crippen LogP contribution in [0.25, 0.3) is 11.3 Å². The lowest BCUT2D eigenvalue weighted by molar-refractivity contribution is -0.138. The summed E-state index contributed by atoms with van der Waals surface area (Å²) in [7, 11) is 0. The van der Waals surface area contributed by atoms with Gasteiger partial charge in [0, 0.05) is 11.6 Å². The van der Waals surface area contributed by atoms with E-state index < -0.39 is 17.4 Å². The highest BCUT2D eigenvalue weighted by Gasteiger charge is 2.32. The Morgan fingerprint density at radius 2 is 1.87 bits per heavy atom. The van der Waals surface area contributed by atoms with Crippen molar-refractivity contribution in [3.8, 4) is 11.3 Å². The zero-order valence-corrected chi connectivity index (χ0v) is 13.2. The maximum atomic E-state index is 12.4. The molecule has 1 aromatic heterocycles. The fourth-order valence-corrected chi connectivity index (χ4v) is 2.44. The van der Waals surface area contributed by atoms with Gasteiger partial charge in [-0.1, -0.05) is 49.3 Å². The predicted molar refractivity (Wildman–Crippen MR) is 85.0 cm³/mol. The van der Waals surface area contributed by atoms with Crippen molar-refractivity contribution in [3.63, 3.8) is 0 Å². The fourth-order valence-electron chi connectivity index (χ4n) is 2.44. The van der Waals surface area contributed by atoms with Crippen molar-refractivity contribution in [2.45, 2.75) is 38.6 Å². The smallest absolute Gasteiger partial charge is 0.305 e. The van der Waals surface area contributed by atoms with Crippen molar-refractivity contribution in [1.29, 1.82) is 0 Å². The van der Waals surface area contributed by atoms with Gasteiger partial charge in [-0.25, -0.2) is 0 Å². The Bertz CT molecular complexity index is 675. The van der Waals surface area contributed by atoms with E-state index in [9.17, 15) is 9.59 Å². The second kappa shape index (κ2) is 7.09. The average molecular weight is 316 g/mol. The molecule has 0 aliphatic heterocycles. The van der Waals surface area contributed by atoms with Gasteiger partial charge in [0.25, 0.3) is 5.91 Å². The molecule has 0 aliphatic carbocycles. The quantitative estimate of drug-likeness (QED) is 0.818. The van der Waals surface area contributed by atoms with Crippen molar-refractivity contribution >= 4 is 11.9 Å². The molecule has 6 heteroatoms. The lowest BCUT2D eigenvalue weighted by Gasteiger charge is -2.30. The Kier molecular flexibility index (Phi) is 5.16. The highest BCUT2D eigenvalue weighted by molar-refractivity contribution is 5.93. The first kappa shape index (κ1) is 16.7. The molecular formula is C17H20N2O4. The molecule has 1 heterocycles. The van der Waals surface area contributed by atoms with Crippen LogP contribution in [0.4, 0.5) is 0 Å². The number of aliphatic carboxylic acids is 1. The van der Waals surface area contributed by atoms with E-state index in [0.29, 0.717) is 18.5 Å². The Hall–Kier alpha value is -2.63. The van der Waals surface area contributed by atoms with Gasteiger partial charge in [0.15, 0.2) is 0 Å². The number of carboxylic acid groups (broad SMARTS) is 1. The molecule has 0 saturated heterocycles. The van der Waals surface area contributed by atoms with Gasteiger partial charge in [-0.3, -0.25) is 9.59 Å². The van der Waals surface area contributed by atoms with E-state index in [2.05, 4.69) is 10.5 Å². The Morgan fingerprint density at radius 3 is 2.43 bits per heavy atom. The third kappa shape index (κ3) is 3.97. The summed E-state index contributed by atoms with van der Waals surface area (Å²) >= 11 is 0. The first-order valence-corrected chi connectivity index (χ1v) is 7.56. The number of carbonyl (C=O) groups excluding carboxylic acids is 1. The molecule has 0 bridgehead atoms. The standard InChI is InChI=1S/C17H20N2O4/c1-3-17(4-2,11-15(20)21)18-16(22)14-10-13(19-23-14)12-8-6-5-7-9-12/h5-10H,3-4,11H2,1-2H3,(H,18,22)(H,20,21). The number of carbonyl (C=O) groups is 2. The van der Waals surface area contributed by atoms with Crippen LogP contribution in [0.5, 0.6) is 0 Å². The number of nitrogens with zero attached hydrogens (tertiary/aromatic N) is 1. The van der Waals surface area contributed by atoms with Crippen LogP contribution in [0.1, 0.15) is 43.7 Å². The highest BCUT2D eigenvalue weighted by atomic mass is 16.5. The summed E-state index contributed by atoms with van der Waals surface area (Å²) in [5.41, 5.74) is 0.619. The van der Waals surface area contributed by atoms with Crippen molar-refractivity contribution in [1.82, 2.24) is 10.5 Å². The minimum Gasteiger partial charge on any atom is -0.481 e. The molecule has 1 aromatic carbocycles. The van der Waals surface area contributed by atoms with Crippen LogP contribution in [0, 0.1) is 0 Å². The third-order valence-electron chi connectivity index (χ3n) is 4.03. The molecule has 6 nitrogen and oxygen atoms in total. The number of hydrogen-bond donors (Lipinski definition) is 2. The minimum atomic E-state index is -0.948. The molecule has 0 spiro atoms. The minimum absolute atomic E-state index is 0.0699. The second-order valence-electron chi connectivity index (χ2n) is 5.45. The number of benzene rings is 1. The summed E-state index contributed by atoms with van der Waals surface area (Å²) in [4.78, 5) is 23.4. The fraction of sp³-hybridized carbons (Fsp3) is 0.353. The van der Waals surface area contributed by atoms with E-state index in [1.807, 2.05) is 44.2 Å². The summed E-state index contributed by atoms with van der Waals surface area (Å²) < 4.78 is 5.11. The molecule has 2 rings (SSSR count). The highest BCUT2D eigenvalue weighted by Crippen LogP contribution is 2.22. The van der Waals surface area contributed by atoms with Crippen LogP contribution in [0.2, 0.25) is 0 Å². The normalized spacial score (nSPS) is 11.2. The van der Waals surface area contributed by atoms with E-state index >= 15 is 0 Å². The van der Waals surface area contributed by atoms with E-state index in [0.717, 1.165) is 5.56 Å². The molecule has 0 radical (unpaired) electrons. The number of nitrogens with one attached hydrogen (secondary N) is 1. The van der Waals surface area contributed by atoms with Gasteiger partial charge in [-0.15, -0.1) is 0 Å². The number of hydrogen-bond acceptors (Lipinski definition) is 4. The molecule has 0 fully saturated rings. The Labute approximate surface area is 134 Å². The zero-order chi connectivity index (χ0) is 16.9. The molecule has 23 heavy (non-hydrogen) atoms. The van der Waals surface area contributed by atoms with Crippen LogP contribution < -0.4 is 5.32 Å². The van der Waals surface area contributed by atoms with Crippen LogP contribution in [-0.2, 0) is 4.79 Å². The zero-order valence-electron chi connectivity index (χ0n) is 13.2. The molecule has 1 amide bonds. The molecular weight excluding hydrogens is 296 g/mol. The van der Waals surface area contributed by atoms with Crippen molar-refractivity contribution in [2.75, 3.05) is 0 Å². The molecule has 0 aliphatic rings. The SMILES string of the molecule is CCC(CC)(CC(=O)O)NC(=O)c1cc(-c2ccccc2)no1. The van der Waals surface area contributed by atoms with Gasteiger partial charge in [-0.05, 0) is 12.8 Å². The summed E-state index contributed by atoms with van der Waals surface area (Å²) in [6.07, 6.45) is 0.897. The predicted octanol–water partition coefficient (Wildman–Crippen LogP) is 3.10. The monoisotopic (exact) mass is 316 g/mol. The summed E-state index contributed by atoms with van der Waals surface area (Å²) in [5.74, 6) is -1.33. The average Bonchev–Trinajstić information content (AvgIpc) is 3.04. The van der Waals surface area contributed by atoms with Gasteiger partial charge in [0.1, 0.15) is 5.69 Å². The number of aromatic nitrogens is 1. The van der Waals surface area contributed by atoms with E-state index in [4.69, 9.17) is 9.63 Å². The lowest BCUT2D eigenvalue weighted by atomic mass is 9.89. The maximum Gasteiger partial charge on any atom is 0.305 e. The number of amides is 1. The van der Waals surface area contributed by atoms with Crippen LogP contribution >= 0.6 is 0 Å². The largest absolute Gasteiger partial charge is 0.481 e. The van der Waals surface area contributed by atoms with E-state index in [1.165, 1.54) is 0 Å². The third-order valence-corrected chi connectivity index (χ3v) is 4.03. The van der Waals surface area contributed by atoms with Gasteiger partial charge in [0.2, 0.25) is 5.76 Å². The van der Waals surface area contributed by atoms with E-state index in [1.54, 1.807) is 6.07 Å². The summed E-state index contributed by atoms with van der Waals surface area (Å²) in [6, 6.07) is 10.9. The van der Waals surface area contributed by atoms with Crippen LogP contribution in [-0.4, -0.2) is 27.7 Å². The first-order chi connectivity index (χ1) is 11.0. The molecule has 0 saturated carbocycles. The number of rotatable bonds is 7. The second-order valence-corrected chi connectivity index (χ2v) is 5.45. The topological polar surface area (TPSA) is 92.4 Å². The summed E-state index contributed by atoms with van der Waals surface area (Å²) in [5, 5.41) is 15.7. The number of carboxylic acids is 1. The molecule has 2 aromatic rings. The van der Waals surface area contributed by atoms with Crippen LogP contribution in [0.15, 0.2) is 40.9 Å². The molecule has 2 N–H and O–H groups in total. The lowest BCUT2D eigenvalue weighted by Crippen LogP contribution is -2.49. The maximum absolute atomic E-state index is 12.4. The van der Waals surface area contributed by atoms with Gasteiger partial charge in [-0.2, -0.15) is 0 Å². The Morgan fingerprint density at radius 1 is 1.22 bits per heavy atom. The molecule has 0 atom stereocenters. The molecule has 0 unspecified atom stereocenters. The van der Waals surface area contributed by atoms with Crippen molar-refractivity contribution in [3.05, 3.63) is 42.2 Å². The summed E-state index contributed by atoms with van der Waals surface area (Å²) in [6.45, 7) is 3.70. The van der Waals surface area contributed by atoms with Crippen molar-refractivity contribution < 1.29 is 19.2 Å². The van der Waals surface area contributed by atoms with Crippen molar-refractivity contribution in [2.24, 2.45) is 0 Å². The van der Waals surface area contributed by atoms with Gasteiger partial charge in [0.05, 0.1) is 12.0 Å². The van der Waals surface area contributed by atoms with E-state index in [-0.39, 0.29) is 12.2 Å². The van der Waals surface area contributed by atoms with Crippen LogP contribution in [0.3, 0.4) is 0 Å². The Balaban J connectivity index is 2.17. The van der Waals surface area contributed by atoms with Gasteiger partial charge < -0.3 is 14.9 Å².